The maximum atomic E-state index is 12.9. The number of ether oxygens (including phenoxy) is 2. The predicted molar refractivity (Wildman–Crippen MR) is 101 cm³/mol. The lowest BCUT2D eigenvalue weighted by Gasteiger charge is -2.16. The quantitative estimate of drug-likeness (QED) is 0.646. The van der Waals surface area contributed by atoms with Crippen molar-refractivity contribution in [2.75, 3.05) is 24.3 Å². The first-order chi connectivity index (χ1) is 13.2. The second kappa shape index (κ2) is 7.21. The van der Waals surface area contributed by atoms with Crippen LogP contribution in [-0.2, 0) is 21.2 Å². The summed E-state index contributed by atoms with van der Waals surface area (Å²) >= 11 is 6.09. The molecule has 0 atom stereocenters. The van der Waals surface area contributed by atoms with Crippen LogP contribution in [0.25, 0.3) is 0 Å². The largest absolute Gasteiger partial charge is 0.497 e. The van der Waals surface area contributed by atoms with Crippen LogP contribution >= 0.6 is 11.6 Å². The molecule has 1 aliphatic rings. The summed E-state index contributed by atoms with van der Waals surface area (Å²) < 4.78 is 38.2. The van der Waals surface area contributed by atoms with Crippen LogP contribution in [-0.4, -0.2) is 39.6 Å². The van der Waals surface area contributed by atoms with Crippen LogP contribution in [0.15, 0.2) is 29.2 Å². The first-order valence-corrected chi connectivity index (χ1v) is 9.66. The molecule has 1 amide bonds. The Bertz CT molecular complexity index is 1100. The minimum Gasteiger partial charge on any atom is -0.497 e. The molecule has 3 N–H and O–H groups in total. The summed E-state index contributed by atoms with van der Waals surface area (Å²) in [5.74, 6) is -1.53. The first-order valence-electron chi connectivity index (χ1n) is 7.80. The van der Waals surface area contributed by atoms with E-state index in [2.05, 4.69) is 10.0 Å². The van der Waals surface area contributed by atoms with Gasteiger partial charge in [-0.1, -0.05) is 11.6 Å². The van der Waals surface area contributed by atoms with Crippen LogP contribution in [0.5, 0.6) is 11.5 Å². The van der Waals surface area contributed by atoms with Crippen LogP contribution in [0.4, 0.5) is 11.4 Å². The van der Waals surface area contributed by atoms with E-state index in [1.54, 1.807) is 0 Å². The van der Waals surface area contributed by atoms with Crippen LogP contribution in [0.1, 0.15) is 15.9 Å². The van der Waals surface area contributed by atoms with Gasteiger partial charge in [-0.25, -0.2) is 13.2 Å². The maximum Gasteiger partial charge on any atom is 0.338 e. The van der Waals surface area contributed by atoms with Crippen molar-refractivity contribution in [2.45, 2.75) is 11.3 Å². The minimum absolute atomic E-state index is 0.0151. The summed E-state index contributed by atoms with van der Waals surface area (Å²) in [4.78, 5) is 22.8. The number of aromatic carboxylic acids is 1. The molecule has 11 heteroatoms. The summed E-state index contributed by atoms with van der Waals surface area (Å²) in [7, 11) is -1.70. The molecule has 2 aromatic rings. The van der Waals surface area contributed by atoms with Crippen molar-refractivity contribution in [1.29, 1.82) is 0 Å². The van der Waals surface area contributed by atoms with E-state index in [9.17, 15) is 23.1 Å². The number of hydrogen-bond donors (Lipinski definition) is 3. The number of carboxylic acid groups (broad SMARTS) is 1. The van der Waals surface area contributed by atoms with E-state index in [0.29, 0.717) is 11.3 Å². The minimum atomic E-state index is -4.30. The third kappa shape index (κ3) is 3.56. The standard InChI is InChI=1S/C17H15ClN2O7S/c1-26-9-5-10(17(22)23)16(13(6-9)27-2)20-28(24,25)14-3-8-4-15(21)19-12(8)7-11(14)18/h3,5-7,20H,4H2,1-2H3,(H,19,21)(H,22,23). The molecule has 0 bridgehead atoms. The van der Waals surface area contributed by atoms with Crippen molar-refractivity contribution in [1.82, 2.24) is 0 Å². The third-order valence-electron chi connectivity index (χ3n) is 4.07. The molecule has 1 heterocycles. The van der Waals surface area contributed by atoms with Crippen molar-refractivity contribution in [3.05, 3.63) is 40.4 Å². The number of hydrogen-bond acceptors (Lipinski definition) is 6. The molecule has 1 aliphatic heterocycles. The lowest BCUT2D eigenvalue weighted by atomic mass is 10.1. The number of sulfonamides is 1. The summed E-state index contributed by atoms with van der Waals surface area (Å²) in [6.45, 7) is 0. The highest BCUT2D eigenvalue weighted by Gasteiger charge is 2.28. The first kappa shape index (κ1) is 19.8. The lowest BCUT2D eigenvalue weighted by Crippen LogP contribution is -2.17. The summed E-state index contributed by atoms with van der Waals surface area (Å²) in [5, 5.41) is 11.9. The normalized spacial score (nSPS) is 12.9. The zero-order valence-electron chi connectivity index (χ0n) is 14.7. The fourth-order valence-corrected chi connectivity index (χ4v) is 4.43. The average molecular weight is 427 g/mol. The van der Waals surface area contributed by atoms with Gasteiger partial charge in [0.1, 0.15) is 22.1 Å². The highest BCUT2D eigenvalue weighted by atomic mass is 35.5. The number of halogens is 1. The zero-order valence-corrected chi connectivity index (χ0v) is 16.3. The van der Waals surface area contributed by atoms with Gasteiger partial charge in [0.15, 0.2) is 0 Å². The van der Waals surface area contributed by atoms with Gasteiger partial charge >= 0.3 is 5.97 Å². The predicted octanol–water partition coefficient (Wildman–Crippen LogP) is 2.35. The molecule has 0 radical (unpaired) electrons. The van der Waals surface area contributed by atoms with E-state index in [0.717, 1.165) is 6.07 Å². The van der Waals surface area contributed by atoms with Gasteiger partial charge in [0, 0.05) is 11.8 Å². The number of anilines is 2. The number of rotatable bonds is 6. The fourth-order valence-electron chi connectivity index (χ4n) is 2.76. The highest BCUT2D eigenvalue weighted by molar-refractivity contribution is 7.92. The van der Waals surface area contributed by atoms with Gasteiger partial charge in [-0.15, -0.1) is 0 Å². The molecule has 0 spiro atoms. The summed E-state index contributed by atoms with van der Waals surface area (Å²) in [6.07, 6.45) is 0.0151. The number of amides is 1. The number of carbonyl (C=O) groups excluding carboxylic acids is 1. The molecule has 28 heavy (non-hydrogen) atoms. The number of nitrogens with one attached hydrogen (secondary N) is 2. The highest BCUT2D eigenvalue weighted by Crippen LogP contribution is 2.37. The Labute approximate surface area is 165 Å². The molecule has 0 unspecified atom stereocenters. The van der Waals surface area contributed by atoms with Crippen molar-refractivity contribution < 1.29 is 32.6 Å². The molecule has 3 rings (SSSR count). The van der Waals surface area contributed by atoms with Crippen molar-refractivity contribution in [2.24, 2.45) is 0 Å². The SMILES string of the molecule is COc1cc(OC)c(NS(=O)(=O)c2cc3c(cc2Cl)NC(=O)C3)c(C(=O)O)c1. The number of carboxylic acids is 1. The van der Waals surface area contributed by atoms with Gasteiger partial charge in [-0.2, -0.15) is 0 Å². The van der Waals surface area contributed by atoms with Crippen LogP contribution in [0, 0.1) is 0 Å². The Morgan fingerprint density at radius 2 is 1.93 bits per heavy atom. The molecule has 9 nitrogen and oxygen atoms in total. The van der Waals surface area contributed by atoms with Gasteiger partial charge < -0.3 is 19.9 Å². The number of fused-ring (bicyclic) bond motifs is 1. The molecule has 0 fully saturated rings. The fraction of sp³-hybridized carbons (Fsp3) is 0.176. The molecular formula is C17H15ClN2O7S. The molecular weight excluding hydrogens is 412 g/mol. The molecule has 148 valence electrons. The summed E-state index contributed by atoms with van der Waals surface area (Å²) in [5.41, 5.74) is 0.257. The average Bonchev–Trinajstić information content (AvgIpc) is 2.99. The van der Waals surface area contributed by atoms with Crippen LogP contribution in [0.3, 0.4) is 0 Å². The maximum absolute atomic E-state index is 12.9. The van der Waals surface area contributed by atoms with Crippen molar-refractivity contribution >= 4 is 44.9 Å². The van der Waals surface area contributed by atoms with Gasteiger partial charge in [0.25, 0.3) is 10.0 Å². The van der Waals surface area contributed by atoms with E-state index in [4.69, 9.17) is 21.1 Å². The Hall–Kier alpha value is -2.98. The van der Waals surface area contributed by atoms with E-state index in [-0.39, 0.29) is 45.0 Å². The second-order valence-electron chi connectivity index (χ2n) is 5.83. The Morgan fingerprint density at radius 3 is 2.54 bits per heavy atom. The van der Waals surface area contributed by atoms with E-state index >= 15 is 0 Å². The Morgan fingerprint density at radius 1 is 1.21 bits per heavy atom. The van der Waals surface area contributed by atoms with Crippen molar-refractivity contribution in [3.63, 3.8) is 0 Å². The zero-order chi connectivity index (χ0) is 20.6. The van der Waals surface area contributed by atoms with Gasteiger partial charge in [0.05, 0.1) is 31.2 Å². The van der Waals surface area contributed by atoms with Gasteiger partial charge in [-0.3, -0.25) is 9.52 Å². The topological polar surface area (TPSA) is 131 Å². The Kier molecular flexibility index (Phi) is 5.09. The van der Waals surface area contributed by atoms with Crippen molar-refractivity contribution in [3.8, 4) is 11.5 Å². The monoisotopic (exact) mass is 426 g/mol. The van der Waals surface area contributed by atoms with E-state index < -0.39 is 16.0 Å². The lowest BCUT2D eigenvalue weighted by molar-refractivity contribution is -0.115. The summed E-state index contributed by atoms with van der Waals surface area (Å²) in [6, 6.07) is 5.11. The van der Waals surface area contributed by atoms with Gasteiger partial charge in [-0.05, 0) is 23.8 Å². The molecule has 0 aliphatic carbocycles. The molecule has 0 saturated heterocycles. The Balaban J connectivity index is 2.10. The number of carbonyl (C=O) groups is 2. The molecule has 0 saturated carbocycles. The molecule has 2 aromatic carbocycles. The smallest absolute Gasteiger partial charge is 0.338 e. The third-order valence-corrected chi connectivity index (χ3v) is 5.88. The number of methoxy groups -OCH3 is 2. The van der Waals surface area contributed by atoms with Crippen LogP contribution in [0.2, 0.25) is 5.02 Å². The van der Waals surface area contributed by atoms with E-state index in [1.807, 2.05) is 0 Å². The molecule has 0 aromatic heterocycles. The second-order valence-corrected chi connectivity index (χ2v) is 7.89. The van der Waals surface area contributed by atoms with Crippen LogP contribution < -0.4 is 19.5 Å². The van der Waals surface area contributed by atoms with Gasteiger partial charge in [0.2, 0.25) is 5.91 Å². The number of benzene rings is 2. The van der Waals surface area contributed by atoms with E-state index in [1.165, 1.54) is 32.4 Å².